The summed E-state index contributed by atoms with van der Waals surface area (Å²) in [5, 5.41) is 0. The van der Waals surface area contributed by atoms with E-state index in [2.05, 4.69) is 13.8 Å². The predicted octanol–water partition coefficient (Wildman–Crippen LogP) is 11.5. The maximum atomic E-state index is 15.2. The van der Waals surface area contributed by atoms with E-state index in [9.17, 15) is 0 Å². The van der Waals surface area contributed by atoms with E-state index >= 15 is 13.2 Å². The number of aryl methyl sites for hydroxylation is 1. The SMILES string of the molecule is CCCCCCCCCCC1CCC(c2ccc3c(c2)C(F)(F)Oc2c-3ccc(CCCCC)c2F)CC1. The third kappa shape index (κ3) is 7.16. The minimum atomic E-state index is -3.53. The van der Waals surface area contributed by atoms with Crippen LogP contribution in [0.25, 0.3) is 11.1 Å². The number of rotatable bonds is 14. The zero-order chi connectivity index (χ0) is 27.0. The van der Waals surface area contributed by atoms with Crippen LogP contribution in [0.5, 0.6) is 5.75 Å². The van der Waals surface area contributed by atoms with Gasteiger partial charge in [0.05, 0.1) is 5.56 Å². The lowest BCUT2D eigenvalue weighted by Crippen LogP contribution is -2.28. The Morgan fingerprint density at radius 2 is 1.39 bits per heavy atom. The molecule has 1 saturated carbocycles. The summed E-state index contributed by atoms with van der Waals surface area (Å²) in [5.74, 6) is 0.147. The van der Waals surface area contributed by atoms with Crippen LogP contribution in [0.2, 0.25) is 0 Å². The van der Waals surface area contributed by atoms with Gasteiger partial charge >= 0.3 is 6.11 Å². The summed E-state index contributed by atoms with van der Waals surface area (Å²) in [6.45, 7) is 4.34. The number of ether oxygens (including phenoxy) is 1. The lowest BCUT2D eigenvalue weighted by Gasteiger charge is -2.32. The number of hydrogen-bond donors (Lipinski definition) is 0. The van der Waals surface area contributed by atoms with Crippen LogP contribution in [-0.4, -0.2) is 0 Å². The van der Waals surface area contributed by atoms with Gasteiger partial charge in [0.15, 0.2) is 11.6 Å². The van der Waals surface area contributed by atoms with Crippen molar-refractivity contribution in [3.05, 3.63) is 52.8 Å². The Morgan fingerprint density at radius 1 is 0.763 bits per heavy atom. The van der Waals surface area contributed by atoms with Gasteiger partial charge in [0.1, 0.15) is 0 Å². The Bertz CT molecular complexity index is 1020. The molecule has 1 nitrogen and oxygen atoms in total. The summed E-state index contributed by atoms with van der Waals surface area (Å²) < 4.78 is 50.6. The molecule has 2 aliphatic rings. The first-order valence-corrected chi connectivity index (χ1v) is 15.5. The van der Waals surface area contributed by atoms with Gasteiger partial charge in [0, 0.05) is 5.56 Å². The van der Waals surface area contributed by atoms with Gasteiger partial charge < -0.3 is 4.74 Å². The molecule has 0 bridgehead atoms. The summed E-state index contributed by atoms with van der Waals surface area (Å²) in [7, 11) is 0. The second-order valence-corrected chi connectivity index (χ2v) is 11.8. The van der Waals surface area contributed by atoms with Crippen molar-refractivity contribution in [3.8, 4) is 16.9 Å². The molecule has 1 aliphatic carbocycles. The molecule has 0 saturated heterocycles. The Morgan fingerprint density at radius 3 is 2.11 bits per heavy atom. The number of alkyl halides is 2. The number of fused-ring (bicyclic) bond motifs is 3. The smallest absolute Gasteiger partial charge is 0.425 e. The molecule has 210 valence electrons. The largest absolute Gasteiger partial charge is 0.427 e. The number of hydrogen-bond acceptors (Lipinski definition) is 1. The molecule has 0 aromatic heterocycles. The van der Waals surface area contributed by atoms with Crippen LogP contribution in [0, 0.1) is 11.7 Å². The van der Waals surface area contributed by atoms with Crippen molar-refractivity contribution in [2.75, 3.05) is 0 Å². The molecule has 1 heterocycles. The summed E-state index contributed by atoms with van der Waals surface area (Å²) in [5.41, 5.74) is 2.13. The molecular formula is C34H47F3O. The van der Waals surface area contributed by atoms with Crippen LogP contribution in [0.15, 0.2) is 30.3 Å². The van der Waals surface area contributed by atoms with Gasteiger partial charge in [-0.15, -0.1) is 0 Å². The molecule has 4 rings (SSSR count). The number of halogens is 3. The molecule has 38 heavy (non-hydrogen) atoms. The molecule has 1 aliphatic heterocycles. The predicted molar refractivity (Wildman–Crippen MR) is 152 cm³/mol. The summed E-state index contributed by atoms with van der Waals surface area (Å²) >= 11 is 0. The maximum Gasteiger partial charge on any atom is 0.427 e. The second kappa shape index (κ2) is 13.9. The molecule has 2 aromatic rings. The first-order valence-electron chi connectivity index (χ1n) is 15.5. The topological polar surface area (TPSA) is 9.23 Å². The number of unbranched alkanes of at least 4 members (excludes halogenated alkanes) is 9. The Balaban J connectivity index is 1.34. The molecule has 1 fully saturated rings. The van der Waals surface area contributed by atoms with Gasteiger partial charge in [-0.25, -0.2) is 4.39 Å². The molecule has 4 heteroatoms. The fourth-order valence-electron chi connectivity index (χ4n) is 6.49. The van der Waals surface area contributed by atoms with E-state index < -0.39 is 11.9 Å². The van der Waals surface area contributed by atoms with Gasteiger partial charge in [-0.05, 0) is 73.1 Å². The fourth-order valence-corrected chi connectivity index (χ4v) is 6.49. The Hall–Kier alpha value is -1.97. The highest BCUT2D eigenvalue weighted by atomic mass is 19.3. The van der Waals surface area contributed by atoms with E-state index in [0.717, 1.165) is 43.6 Å². The zero-order valence-corrected chi connectivity index (χ0v) is 23.6. The molecule has 0 atom stereocenters. The normalized spacial score (nSPS) is 20.0. The summed E-state index contributed by atoms with van der Waals surface area (Å²) in [6.07, 6.45) is 16.5. The lowest BCUT2D eigenvalue weighted by molar-refractivity contribution is -0.188. The fraction of sp³-hybridized carbons (Fsp3) is 0.647. The first kappa shape index (κ1) is 29.0. The average Bonchev–Trinajstić information content (AvgIpc) is 2.92. The van der Waals surface area contributed by atoms with Crippen LogP contribution >= 0.6 is 0 Å². The molecular weight excluding hydrogens is 481 g/mol. The molecule has 2 aromatic carbocycles. The van der Waals surface area contributed by atoms with Crippen molar-refractivity contribution in [1.82, 2.24) is 0 Å². The van der Waals surface area contributed by atoms with E-state index in [-0.39, 0.29) is 11.3 Å². The molecule has 0 N–H and O–H groups in total. The van der Waals surface area contributed by atoms with E-state index in [1.165, 1.54) is 70.6 Å². The monoisotopic (exact) mass is 528 g/mol. The van der Waals surface area contributed by atoms with Crippen LogP contribution in [0.3, 0.4) is 0 Å². The maximum absolute atomic E-state index is 15.2. The van der Waals surface area contributed by atoms with E-state index in [4.69, 9.17) is 4.74 Å². The quantitative estimate of drug-likeness (QED) is 0.222. The first-order chi connectivity index (χ1) is 18.4. The highest BCUT2D eigenvalue weighted by molar-refractivity contribution is 5.77. The summed E-state index contributed by atoms with van der Waals surface area (Å²) in [6, 6.07) is 8.88. The van der Waals surface area contributed by atoms with Crippen molar-refractivity contribution >= 4 is 0 Å². The molecule has 0 unspecified atom stereocenters. The van der Waals surface area contributed by atoms with Crippen molar-refractivity contribution < 1.29 is 17.9 Å². The van der Waals surface area contributed by atoms with E-state index in [1.54, 1.807) is 24.3 Å². The van der Waals surface area contributed by atoms with Crippen molar-refractivity contribution in [2.45, 2.75) is 135 Å². The van der Waals surface area contributed by atoms with Crippen molar-refractivity contribution in [2.24, 2.45) is 5.92 Å². The standard InChI is InChI=1S/C34H47F3O/c1-3-5-7-8-9-10-11-13-14-25-16-18-26(19-17-25)28-21-22-29-30-23-20-27(15-12-6-4-2)32(35)33(30)38-34(36,37)31(29)24-28/h20-26H,3-19H2,1-2H3. The third-order valence-corrected chi connectivity index (χ3v) is 8.89. The highest BCUT2D eigenvalue weighted by Gasteiger charge is 2.44. The van der Waals surface area contributed by atoms with Crippen LogP contribution in [0.4, 0.5) is 13.2 Å². The third-order valence-electron chi connectivity index (χ3n) is 8.89. The Kier molecular flexibility index (Phi) is 10.6. The van der Waals surface area contributed by atoms with Gasteiger partial charge in [0.2, 0.25) is 0 Å². The van der Waals surface area contributed by atoms with Gasteiger partial charge in [0.25, 0.3) is 0 Å². The minimum absolute atomic E-state index is 0.123. The van der Waals surface area contributed by atoms with E-state index in [1.807, 2.05) is 6.07 Å². The highest BCUT2D eigenvalue weighted by Crippen LogP contribution is 2.50. The molecule has 0 amide bonds. The van der Waals surface area contributed by atoms with Gasteiger partial charge in [-0.3, -0.25) is 0 Å². The van der Waals surface area contributed by atoms with Crippen LogP contribution in [0.1, 0.15) is 139 Å². The zero-order valence-electron chi connectivity index (χ0n) is 23.6. The Labute approximate surface area is 228 Å². The van der Waals surface area contributed by atoms with Crippen molar-refractivity contribution in [1.29, 1.82) is 0 Å². The number of benzene rings is 2. The molecule has 0 spiro atoms. The van der Waals surface area contributed by atoms with E-state index in [0.29, 0.717) is 29.0 Å². The second-order valence-electron chi connectivity index (χ2n) is 11.8. The van der Waals surface area contributed by atoms with Gasteiger partial charge in [-0.2, -0.15) is 8.78 Å². The molecule has 0 radical (unpaired) electrons. The van der Waals surface area contributed by atoms with Crippen LogP contribution in [-0.2, 0) is 12.5 Å². The van der Waals surface area contributed by atoms with Crippen LogP contribution < -0.4 is 4.74 Å². The summed E-state index contributed by atoms with van der Waals surface area (Å²) in [4.78, 5) is 0. The lowest BCUT2D eigenvalue weighted by atomic mass is 9.76. The average molecular weight is 529 g/mol. The van der Waals surface area contributed by atoms with Gasteiger partial charge in [-0.1, -0.05) is 109 Å². The minimum Gasteiger partial charge on any atom is -0.425 e. The van der Waals surface area contributed by atoms with Crippen molar-refractivity contribution in [3.63, 3.8) is 0 Å².